The van der Waals surface area contributed by atoms with Gasteiger partial charge in [0.05, 0.1) is 13.1 Å². The number of ether oxygens (including phenoxy) is 2. The molecule has 0 unspecified atom stereocenters. The van der Waals surface area contributed by atoms with Gasteiger partial charge in [0.2, 0.25) is 6.79 Å². The van der Waals surface area contributed by atoms with Crippen molar-refractivity contribution in [1.82, 2.24) is 14.5 Å². The van der Waals surface area contributed by atoms with E-state index in [0.29, 0.717) is 36.7 Å². The van der Waals surface area contributed by atoms with Crippen LogP contribution in [-0.4, -0.2) is 27.8 Å². The zero-order chi connectivity index (χ0) is 23.1. The fourth-order valence-electron chi connectivity index (χ4n) is 4.91. The van der Waals surface area contributed by atoms with E-state index in [4.69, 9.17) is 16.0 Å². The molecular weight excluding hydrogens is 428 g/mol. The summed E-state index contributed by atoms with van der Waals surface area (Å²) in [6, 6.07) is 17.5. The SMILES string of the molecule is [C-]#[N+]c1cccc(CN2CCc3c(c(=O)n(Cc4ccc5c(c4)OCO5)c4ncccc34)C2)c1. The van der Waals surface area contributed by atoms with E-state index in [1.54, 1.807) is 10.8 Å². The monoisotopic (exact) mass is 450 g/mol. The van der Waals surface area contributed by atoms with Gasteiger partial charge in [0.25, 0.3) is 5.56 Å². The first kappa shape index (κ1) is 20.5. The van der Waals surface area contributed by atoms with E-state index in [2.05, 4.69) is 20.8 Å². The molecule has 0 spiro atoms. The Hall–Kier alpha value is -4.15. The maximum atomic E-state index is 13.8. The predicted molar refractivity (Wildman–Crippen MR) is 128 cm³/mol. The third kappa shape index (κ3) is 3.58. The second-order valence-electron chi connectivity index (χ2n) is 8.65. The molecule has 2 aliphatic heterocycles. The van der Waals surface area contributed by atoms with Gasteiger partial charge in [0.15, 0.2) is 17.2 Å². The second-order valence-corrected chi connectivity index (χ2v) is 8.65. The number of benzene rings is 2. The summed E-state index contributed by atoms with van der Waals surface area (Å²) in [5.74, 6) is 1.43. The molecule has 0 aliphatic carbocycles. The minimum Gasteiger partial charge on any atom is -0.454 e. The van der Waals surface area contributed by atoms with Crippen LogP contribution in [0.25, 0.3) is 15.9 Å². The van der Waals surface area contributed by atoms with E-state index in [1.165, 1.54) is 0 Å². The summed E-state index contributed by atoms with van der Waals surface area (Å²) in [5, 5.41) is 1.03. The maximum Gasteiger partial charge on any atom is 0.257 e. The van der Waals surface area contributed by atoms with Gasteiger partial charge in [-0.25, -0.2) is 9.83 Å². The molecule has 6 rings (SSSR count). The Kier molecular flexibility index (Phi) is 5.01. The van der Waals surface area contributed by atoms with E-state index in [-0.39, 0.29) is 12.4 Å². The first-order valence-electron chi connectivity index (χ1n) is 11.3. The number of hydrogen-bond acceptors (Lipinski definition) is 5. The molecule has 0 saturated carbocycles. The van der Waals surface area contributed by atoms with Gasteiger partial charge >= 0.3 is 0 Å². The Morgan fingerprint density at radius 2 is 1.85 bits per heavy atom. The van der Waals surface area contributed by atoms with Crippen molar-refractivity contribution < 1.29 is 9.47 Å². The maximum absolute atomic E-state index is 13.8. The zero-order valence-corrected chi connectivity index (χ0v) is 18.5. The average Bonchev–Trinajstić information content (AvgIpc) is 3.35. The molecule has 4 heterocycles. The van der Waals surface area contributed by atoms with Gasteiger partial charge < -0.3 is 9.47 Å². The van der Waals surface area contributed by atoms with Crippen molar-refractivity contribution in [2.24, 2.45) is 0 Å². The minimum atomic E-state index is -0.00141. The lowest BCUT2D eigenvalue weighted by molar-refractivity contribution is 0.174. The predicted octanol–water partition coefficient (Wildman–Crippen LogP) is 4.28. The van der Waals surface area contributed by atoms with E-state index >= 15 is 0 Å². The summed E-state index contributed by atoms with van der Waals surface area (Å²) < 4.78 is 12.7. The quantitative estimate of drug-likeness (QED) is 0.435. The van der Waals surface area contributed by atoms with Crippen LogP contribution in [0.15, 0.2) is 65.6 Å². The zero-order valence-electron chi connectivity index (χ0n) is 18.5. The molecule has 0 fully saturated rings. The van der Waals surface area contributed by atoms with Crippen molar-refractivity contribution >= 4 is 16.7 Å². The molecule has 0 radical (unpaired) electrons. The molecular formula is C27H22N4O3. The molecule has 0 bridgehead atoms. The highest BCUT2D eigenvalue weighted by Gasteiger charge is 2.24. The van der Waals surface area contributed by atoms with E-state index in [9.17, 15) is 4.79 Å². The lowest BCUT2D eigenvalue weighted by Crippen LogP contribution is -2.37. The van der Waals surface area contributed by atoms with E-state index in [1.807, 2.05) is 48.5 Å². The van der Waals surface area contributed by atoms with Crippen LogP contribution < -0.4 is 15.0 Å². The number of aromatic nitrogens is 2. The van der Waals surface area contributed by atoms with E-state index in [0.717, 1.165) is 46.4 Å². The Balaban J connectivity index is 1.38. The van der Waals surface area contributed by atoms with Gasteiger partial charge in [-0.3, -0.25) is 14.3 Å². The lowest BCUT2D eigenvalue weighted by Gasteiger charge is -2.30. The number of hydrogen-bond donors (Lipinski definition) is 0. The molecule has 7 nitrogen and oxygen atoms in total. The highest BCUT2D eigenvalue weighted by atomic mass is 16.7. The van der Waals surface area contributed by atoms with Crippen molar-refractivity contribution in [1.29, 1.82) is 0 Å². The van der Waals surface area contributed by atoms with Crippen LogP contribution in [-0.2, 0) is 26.1 Å². The first-order chi connectivity index (χ1) is 16.7. The molecule has 7 heteroatoms. The third-order valence-corrected chi connectivity index (χ3v) is 6.52. The summed E-state index contributed by atoms with van der Waals surface area (Å²) in [4.78, 5) is 24.2. The van der Waals surface area contributed by atoms with Crippen molar-refractivity contribution in [2.45, 2.75) is 26.1 Å². The topological polar surface area (TPSA) is 61.0 Å². The normalized spacial score (nSPS) is 14.7. The summed E-state index contributed by atoms with van der Waals surface area (Å²) in [6.45, 7) is 10.0. The average molecular weight is 450 g/mol. The molecule has 2 aromatic carbocycles. The molecule has 4 aromatic rings. The Morgan fingerprint density at radius 1 is 0.971 bits per heavy atom. The highest BCUT2D eigenvalue weighted by Crippen LogP contribution is 2.33. The molecule has 0 N–H and O–H groups in total. The van der Waals surface area contributed by atoms with Gasteiger partial charge in [-0.15, -0.1) is 0 Å². The van der Waals surface area contributed by atoms with Gasteiger partial charge in [-0.05, 0) is 47.4 Å². The molecule has 0 amide bonds. The summed E-state index contributed by atoms with van der Waals surface area (Å²) >= 11 is 0. The van der Waals surface area contributed by atoms with Crippen LogP contribution >= 0.6 is 0 Å². The fraction of sp³-hybridized carbons (Fsp3) is 0.222. The van der Waals surface area contributed by atoms with Crippen LogP contribution in [0.3, 0.4) is 0 Å². The molecule has 168 valence electrons. The second kappa shape index (κ2) is 8.32. The number of rotatable bonds is 4. The highest BCUT2D eigenvalue weighted by molar-refractivity contribution is 5.80. The van der Waals surface area contributed by atoms with Crippen molar-refractivity contribution in [3.63, 3.8) is 0 Å². The number of nitrogens with zero attached hydrogens (tertiary/aromatic N) is 4. The summed E-state index contributed by atoms with van der Waals surface area (Å²) in [6.07, 6.45) is 2.53. The Bertz CT molecular complexity index is 1520. The van der Waals surface area contributed by atoms with Crippen molar-refractivity contribution in [3.05, 3.63) is 105 Å². The van der Waals surface area contributed by atoms with Crippen LogP contribution in [0, 0.1) is 6.57 Å². The van der Waals surface area contributed by atoms with Gasteiger partial charge in [0.1, 0.15) is 5.65 Å². The molecule has 0 saturated heterocycles. The van der Waals surface area contributed by atoms with Gasteiger partial charge in [-0.1, -0.05) is 30.3 Å². The Labute approximate surface area is 196 Å². The van der Waals surface area contributed by atoms with Crippen LogP contribution in [0.1, 0.15) is 22.3 Å². The van der Waals surface area contributed by atoms with Crippen molar-refractivity contribution in [2.75, 3.05) is 13.3 Å². The van der Waals surface area contributed by atoms with Crippen LogP contribution in [0.2, 0.25) is 0 Å². The number of fused-ring (bicyclic) bond motifs is 4. The Morgan fingerprint density at radius 3 is 2.76 bits per heavy atom. The standard InChI is InChI=1S/C27H22N4O3/c1-28-20-5-2-4-18(12-20)14-30-11-9-21-22-6-3-10-29-26(22)31(27(32)23(21)16-30)15-19-7-8-24-25(13-19)34-17-33-24/h2-8,10,12-13H,9,11,14-17H2. The fourth-order valence-corrected chi connectivity index (χ4v) is 4.91. The molecule has 2 aliphatic rings. The third-order valence-electron chi connectivity index (χ3n) is 6.52. The summed E-state index contributed by atoms with van der Waals surface area (Å²) in [7, 11) is 0. The van der Waals surface area contributed by atoms with Crippen LogP contribution in [0.4, 0.5) is 5.69 Å². The lowest BCUT2D eigenvalue weighted by atomic mass is 9.97. The molecule has 0 atom stereocenters. The molecule has 2 aromatic heterocycles. The van der Waals surface area contributed by atoms with E-state index < -0.39 is 0 Å². The van der Waals surface area contributed by atoms with Crippen molar-refractivity contribution in [3.8, 4) is 11.5 Å². The first-order valence-corrected chi connectivity index (χ1v) is 11.3. The summed E-state index contributed by atoms with van der Waals surface area (Å²) in [5.41, 5.74) is 5.32. The largest absolute Gasteiger partial charge is 0.454 e. The molecule has 34 heavy (non-hydrogen) atoms. The smallest absolute Gasteiger partial charge is 0.257 e. The van der Waals surface area contributed by atoms with Gasteiger partial charge in [0, 0.05) is 36.8 Å². The number of pyridine rings is 2. The van der Waals surface area contributed by atoms with Gasteiger partial charge in [-0.2, -0.15) is 0 Å². The van der Waals surface area contributed by atoms with Crippen LogP contribution in [0.5, 0.6) is 11.5 Å². The minimum absolute atomic E-state index is 0.00141.